The van der Waals surface area contributed by atoms with Crippen molar-refractivity contribution in [2.45, 2.75) is 6.61 Å². The fourth-order valence-corrected chi connectivity index (χ4v) is 1.74. The quantitative estimate of drug-likeness (QED) is 0.696. The second-order valence-electron chi connectivity index (χ2n) is 4.04. The predicted molar refractivity (Wildman–Crippen MR) is 71.3 cm³/mol. The van der Waals surface area contributed by atoms with Crippen molar-refractivity contribution in [2.24, 2.45) is 0 Å². The first-order valence-corrected chi connectivity index (χ1v) is 6.01. The molecule has 0 saturated heterocycles. The molecule has 0 aromatic heterocycles. The maximum atomic E-state index is 13.5. The first-order chi connectivity index (χ1) is 9.47. The van der Waals surface area contributed by atoms with Gasteiger partial charge in [0, 0.05) is 16.3 Å². The molecule has 0 aliphatic heterocycles. The van der Waals surface area contributed by atoms with E-state index in [1.165, 1.54) is 18.2 Å². The van der Waals surface area contributed by atoms with Crippen molar-refractivity contribution in [3.63, 3.8) is 0 Å². The molecular formula is C14H10ClF2NO2. The molecule has 0 atom stereocenters. The number of anilines is 1. The molecule has 20 heavy (non-hydrogen) atoms. The molecule has 2 N–H and O–H groups in total. The number of benzene rings is 2. The summed E-state index contributed by atoms with van der Waals surface area (Å²) in [6.07, 6.45) is 0. The van der Waals surface area contributed by atoms with E-state index in [1.807, 2.05) is 0 Å². The van der Waals surface area contributed by atoms with Crippen molar-refractivity contribution >= 4 is 23.3 Å². The van der Waals surface area contributed by atoms with E-state index in [4.69, 9.17) is 22.1 Å². The monoisotopic (exact) mass is 297 g/mol. The normalized spacial score (nSPS) is 10.3. The van der Waals surface area contributed by atoms with Gasteiger partial charge in [0.25, 0.3) is 0 Å². The Morgan fingerprint density at radius 2 is 1.95 bits per heavy atom. The first kappa shape index (κ1) is 14.3. The van der Waals surface area contributed by atoms with Crippen molar-refractivity contribution < 1.29 is 18.3 Å². The Morgan fingerprint density at radius 3 is 2.60 bits per heavy atom. The smallest absolute Gasteiger partial charge is 0.340 e. The van der Waals surface area contributed by atoms with Crippen LogP contribution in [0, 0.1) is 11.6 Å². The molecule has 0 fully saturated rings. The van der Waals surface area contributed by atoms with Gasteiger partial charge in [-0.05, 0) is 30.3 Å². The number of carbonyl (C=O) groups excluding carboxylic acids is 1. The molecule has 3 nitrogen and oxygen atoms in total. The van der Waals surface area contributed by atoms with E-state index in [2.05, 4.69) is 0 Å². The topological polar surface area (TPSA) is 52.3 Å². The molecule has 0 saturated carbocycles. The second-order valence-corrected chi connectivity index (χ2v) is 4.48. The van der Waals surface area contributed by atoms with Crippen LogP contribution in [-0.2, 0) is 11.3 Å². The number of ether oxygens (including phenoxy) is 1. The molecule has 6 heteroatoms. The number of hydrogen-bond acceptors (Lipinski definition) is 3. The van der Waals surface area contributed by atoms with Gasteiger partial charge >= 0.3 is 5.97 Å². The second kappa shape index (κ2) is 5.88. The maximum Gasteiger partial charge on any atom is 0.340 e. The zero-order valence-electron chi connectivity index (χ0n) is 10.2. The minimum Gasteiger partial charge on any atom is -0.457 e. The Labute approximate surface area is 118 Å². The lowest BCUT2D eigenvalue weighted by Gasteiger charge is -2.08. The van der Waals surface area contributed by atoms with Gasteiger partial charge in [-0.25, -0.2) is 13.6 Å². The average Bonchev–Trinajstić information content (AvgIpc) is 2.37. The van der Waals surface area contributed by atoms with Gasteiger partial charge in [-0.2, -0.15) is 0 Å². The highest BCUT2D eigenvalue weighted by molar-refractivity contribution is 6.30. The molecule has 0 radical (unpaired) electrons. The summed E-state index contributed by atoms with van der Waals surface area (Å²) in [7, 11) is 0. The molecule has 0 aliphatic rings. The fraction of sp³-hybridized carbons (Fsp3) is 0.0714. The van der Waals surface area contributed by atoms with E-state index >= 15 is 0 Å². The van der Waals surface area contributed by atoms with Crippen LogP contribution in [0.25, 0.3) is 0 Å². The Balaban J connectivity index is 2.08. The SMILES string of the molecule is Nc1cc(F)ccc1C(=O)OCc1ccc(Cl)cc1F. The van der Waals surface area contributed by atoms with Crippen molar-refractivity contribution in [1.82, 2.24) is 0 Å². The fourth-order valence-electron chi connectivity index (χ4n) is 1.58. The van der Waals surface area contributed by atoms with Gasteiger partial charge in [0.2, 0.25) is 0 Å². The molecule has 0 amide bonds. The Kier molecular flexibility index (Phi) is 4.20. The van der Waals surface area contributed by atoms with Crippen LogP contribution in [0.4, 0.5) is 14.5 Å². The molecule has 0 spiro atoms. The largest absolute Gasteiger partial charge is 0.457 e. The van der Waals surface area contributed by atoms with E-state index in [0.29, 0.717) is 0 Å². The van der Waals surface area contributed by atoms with E-state index in [9.17, 15) is 13.6 Å². The van der Waals surface area contributed by atoms with Gasteiger partial charge in [0.1, 0.15) is 18.2 Å². The summed E-state index contributed by atoms with van der Waals surface area (Å²) in [6.45, 7) is -0.265. The highest BCUT2D eigenvalue weighted by Gasteiger charge is 2.13. The molecule has 0 unspecified atom stereocenters. The summed E-state index contributed by atoms with van der Waals surface area (Å²) in [5, 5.41) is 0.250. The summed E-state index contributed by atoms with van der Waals surface area (Å²) in [5.41, 5.74) is 5.69. The molecule has 0 heterocycles. The number of halogens is 3. The number of hydrogen-bond donors (Lipinski definition) is 1. The highest BCUT2D eigenvalue weighted by Crippen LogP contribution is 2.18. The standard InChI is InChI=1S/C14H10ClF2NO2/c15-9-2-1-8(12(17)5-9)7-20-14(19)11-4-3-10(16)6-13(11)18/h1-6H,7,18H2. The molecule has 2 rings (SSSR count). The van der Waals surface area contributed by atoms with Gasteiger partial charge in [0.05, 0.1) is 5.56 Å². The molecular weight excluding hydrogens is 288 g/mol. The van der Waals surface area contributed by atoms with Gasteiger partial charge < -0.3 is 10.5 Å². The molecule has 104 valence electrons. The van der Waals surface area contributed by atoms with Gasteiger partial charge in [-0.3, -0.25) is 0 Å². The minimum absolute atomic E-state index is 0.0285. The summed E-state index contributed by atoms with van der Waals surface area (Å²) in [4.78, 5) is 11.8. The summed E-state index contributed by atoms with van der Waals surface area (Å²) in [6, 6.07) is 7.34. The van der Waals surface area contributed by atoms with Gasteiger partial charge in [-0.15, -0.1) is 0 Å². The number of esters is 1. The van der Waals surface area contributed by atoms with Crippen LogP contribution in [0.3, 0.4) is 0 Å². The first-order valence-electron chi connectivity index (χ1n) is 5.63. The minimum atomic E-state index is -0.753. The molecule has 2 aromatic carbocycles. The Bertz CT molecular complexity index is 662. The Morgan fingerprint density at radius 1 is 1.20 bits per heavy atom. The van der Waals surface area contributed by atoms with Crippen molar-refractivity contribution in [1.29, 1.82) is 0 Å². The van der Waals surface area contributed by atoms with E-state index in [-0.39, 0.29) is 28.4 Å². The van der Waals surface area contributed by atoms with Crippen molar-refractivity contribution in [3.8, 4) is 0 Å². The van der Waals surface area contributed by atoms with Crippen LogP contribution in [0.2, 0.25) is 5.02 Å². The summed E-state index contributed by atoms with van der Waals surface area (Å²) >= 11 is 5.61. The highest BCUT2D eigenvalue weighted by atomic mass is 35.5. The van der Waals surface area contributed by atoms with Crippen molar-refractivity contribution in [3.05, 3.63) is 64.2 Å². The van der Waals surface area contributed by atoms with Crippen LogP contribution in [0.1, 0.15) is 15.9 Å². The molecule has 0 bridgehead atoms. The Hall–Kier alpha value is -2.14. The average molecular weight is 298 g/mol. The number of rotatable bonds is 3. The maximum absolute atomic E-state index is 13.5. The lowest BCUT2D eigenvalue weighted by molar-refractivity contribution is 0.0470. The third-order valence-electron chi connectivity index (χ3n) is 2.61. The van der Waals surface area contributed by atoms with Crippen LogP contribution in [0.5, 0.6) is 0 Å². The van der Waals surface area contributed by atoms with E-state index < -0.39 is 17.6 Å². The molecule has 2 aromatic rings. The lowest BCUT2D eigenvalue weighted by atomic mass is 10.2. The number of nitrogens with two attached hydrogens (primary N) is 1. The summed E-state index contributed by atoms with van der Waals surface area (Å²) < 4.78 is 31.3. The predicted octanol–water partition coefficient (Wildman–Crippen LogP) is 3.56. The van der Waals surface area contributed by atoms with E-state index in [0.717, 1.165) is 18.2 Å². The zero-order chi connectivity index (χ0) is 14.7. The van der Waals surface area contributed by atoms with Crippen molar-refractivity contribution in [2.75, 3.05) is 5.73 Å². The van der Waals surface area contributed by atoms with Crippen LogP contribution >= 0.6 is 11.6 Å². The third kappa shape index (κ3) is 3.24. The third-order valence-corrected chi connectivity index (χ3v) is 2.84. The van der Waals surface area contributed by atoms with Gasteiger partial charge in [-0.1, -0.05) is 17.7 Å². The number of nitrogen functional groups attached to an aromatic ring is 1. The van der Waals surface area contributed by atoms with Crippen LogP contribution in [-0.4, -0.2) is 5.97 Å². The molecule has 0 aliphatic carbocycles. The van der Waals surface area contributed by atoms with Crippen LogP contribution < -0.4 is 5.73 Å². The van der Waals surface area contributed by atoms with Crippen LogP contribution in [0.15, 0.2) is 36.4 Å². The number of carbonyl (C=O) groups is 1. The van der Waals surface area contributed by atoms with Gasteiger partial charge in [0.15, 0.2) is 0 Å². The lowest BCUT2D eigenvalue weighted by Crippen LogP contribution is -2.09. The summed E-state index contributed by atoms with van der Waals surface area (Å²) in [5.74, 6) is -1.88. The zero-order valence-corrected chi connectivity index (χ0v) is 11.0. The van der Waals surface area contributed by atoms with E-state index in [1.54, 1.807) is 0 Å².